The molecule has 172 valence electrons. The molecule has 2 N–H and O–H groups in total. The van der Waals surface area contributed by atoms with Crippen LogP contribution in [0.5, 0.6) is 0 Å². The van der Waals surface area contributed by atoms with Gasteiger partial charge in [-0.15, -0.1) is 0 Å². The molecule has 0 aliphatic carbocycles. The summed E-state index contributed by atoms with van der Waals surface area (Å²) in [4.78, 5) is 17.6. The average molecular weight is 479 g/mol. The molecule has 0 fully saturated rings. The van der Waals surface area contributed by atoms with Crippen LogP contribution >= 0.6 is 0 Å². The van der Waals surface area contributed by atoms with Crippen LogP contribution in [-0.2, 0) is 31.4 Å². The Kier molecular flexibility index (Phi) is 6.72. The van der Waals surface area contributed by atoms with Crippen molar-refractivity contribution in [3.05, 3.63) is 59.7 Å². The third-order valence-corrected chi connectivity index (χ3v) is 8.33. The molecule has 1 heterocycles. The molecule has 1 amide bonds. The van der Waals surface area contributed by atoms with Gasteiger partial charge in [0, 0.05) is 26.2 Å². The lowest BCUT2D eigenvalue weighted by molar-refractivity contribution is -0.123. The minimum atomic E-state index is -3.72. The maximum absolute atomic E-state index is 13.0. The Bertz CT molecular complexity index is 1270. The zero-order valence-corrected chi connectivity index (χ0v) is 19.9. The first-order valence-electron chi connectivity index (χ1n) is 9.93. The van der Waals surface area contributed by atoms with Crippen molar-refractivity contribution >= 4 is 31.8 Å². The van der Waals surface area contributed by atoms with Crippen molar-refractivity contribution in [1.29, 1.82) is 0 Å². The fourth-order valence-electron chi connectivity index (χ4n) is 3.26. The van der Waals surface area contributed by atoms with Crippen LogP contribution in [-0.4, -0.2) is 53.0 Å². The molecule has 1 aliphatic heterocycles. The molecule has 3 rings (SSSR count). The van der Waals surface area contributed by atoms with Gasteiger partial charge in [0.1, 0.15) is 11.9 Å². The highest BCUT2D eigenvalue weighted by atomic mass is 32.2. The predicted molar refractivity (Wildman–Crippen MR) is 121 cm³/mol. The number of carbonyl (C=O) groups excluding carboxylic acids is 1. The molecule has 1 aliphatic rings. The second-order valence-corrected chi connectivity index (χ2v) is 11.7. The van der Waals surface area contributed by atoms with E-state index in [2.05, 4.69) is 15.0 Å². The first kappa shape index (κ1) is 23.9. The third-order valence-electron chi connectivity index (χ3n) is 5.02. The SMILES string of the molecule is CC(C)[C@H](N=C1NS(=O)(=O)c2ccccc21)C(=O)NCc1ccccc1S(=O)(=O)N(C)C. The fourth-order valence-corrected chi connectivity index (χ4v) is 5.62. The van der Waals surface area contributed by atoms with E-state index >= 15 is 0 Å². The van der Waals surface area contributed by atoms with E-state index in [1.165, 1.54) is 26.2 Å². The minimum Gasteiger partial charge on any atom is -0.350 e. The summed E-state index contributed by atoms with van der Waals surface area (Å²) in [6.45, 7) is 3.58. The van der Waals surface area contributed by atoms with Crippen LogP contribution in [0.4, 0.5) is 0 Å². The summed E-state index contributed by atoms with van der Waals surface area (Å²) in [6, 6.07) is 12.0. The van der Waals surface area contributed by atoms with Crippen LogP contribution in [0.2, 0.25) is 0 Å². The number of sulfonamides is 2. The zero-order chi connectivity index (χ0) is 23.7. The minimum absolute atomic E-state index is 0.0154. The Morgan fingerprint density at radius 2 is 1.72 bits per heavy atom. The summed E-state index contributed by atoms with van der Waals surface area (Å²) in [5, 5.41) is 2.74. The molecule has 32 heavy (non-hydrogen) atoms. The number of carbonyl (C=O) groups is 1. The molecule has 0 bridgehead atoms. The second kappa shape index (κ2) is 9.00. The molecular formula is C21H26N4O5S2. The number of nitrogens with zero attached hydrogens (tertiary/aromatic N) is 2. The van der Waals surface area contributed by atoms with Crippen LogP contribution < -0.4 is 10.0 Å². The van der Waals surface area contributed by atoms with Crippen molar-refractivity contribution in [3.8, 4) is 0 Å². The van der Waals surface area contributed by atoms with Crippen LogP contribution in [0.1, 0.15) is 25.0 Å². The van der Waals surface area contributed by atoms with Crippen LogP contribution in [0.25, 0.3) is 0 Å². The molecule has 0 spiro atoms. The summed E-state index contributed by atoms with van der Waals surface area (Å²) >= 11 is 0. The van der Waals surface area contributed by atoms with Crippen LogP contribution in [0.3, 0.4) is 0 Å². The van der Waals surface area contributed by atoms with Gasteiger partial charge in [0.05, 0.1) is 9.79 Å². The lowest BCUT2D eigenvalue weighted by Crippen LogP contribution is -2.38. The molecular weight excluding hydrogens is 452 g/mol. The van der Waals surface area contributed by atoms with E-state index < -0.39 is 32.0 Å². The second-order valence-electron chi connectivity index (χ2n) is 7.88. The van der Waals surface area contributed by atoms with Gasteiger partial charge >= 0.3 is 0 Å². The van der Waals surface area contributed by atoms with Crippen LogP contribution in [0, 0.1) is 5.92 Å². The number of amides is 1. The monoisotopic (exact) mass is 478 g/mol. The fraction of sp³-hybridized carbons (Fsp3) is 0.333. The van der Waals surface area contributed by atoms with E-state index in [0.29, 0.717) is 11.1 Å². The lowest BCUT2D eigenvalue weighted by atomic mass is 10.0. The van der Waals surface area contributed by atoms with Crippen LogP contribution in [0.15, 0.2) is 63.3 Å². The lowest BCUT2D eigenvalue weighted by Gasteiger charge is -2.19. The maximum Gasteiger partial charge on any atom is 0.263 e. The van der Waals surface area contributed by atoms with Gasteiger partial charge in [-0.05, 0) is 29.7 Å². The Balaban J connectivity index is 1.86. The molecule has 0 saturated heterocycles. The topological polar surface area (TPSA) is 125 Å². The highest BCUT2D eigenvalue weighted by Gasteiger charge is 2.32. The largest absolute Gasteiger partial charge is 0.350 e. The Hall–Kier alpha value is -2.76. The highest BCUT2D eigenvalue weighted by Crippen LogP contribution is 2.24. The number of aliphatic imine (C=N–C) groups is 1. The standard InChI is InChI=1S/C21H26N4O5S2/c1-14(2)19(23-20-16-10-6-8-12-18(16)31(27,28)24-20)21(26)22-13-15-9-5-7-11-17(15)32(29,30)25(3)4/h5-12,14,19H,13H2,1-4H3,(H,22,26)(H,23,24)/t19-/m0/s1. The van der Waals surface area contributed by atoms with E-state index in [9.17, 15) is 21.6 Å². The van der Waals surface area contributed by atoms with E-state index in [4.69, 9.17) is 0 Å². The zero-order valence-electron chi connectivity index (χ0n) is 18.2. The van der Waals surface area contributed by atoms with Gasteiger partial charge in [-0.2, -0.15) is 0 Å². The molecule has 9 nitrogen and oxygen atoms in total. The third kappa shape index (κ3) is 4.69. The van der Waals surface area contributed by atoms with Gasteiger partial charge < -0.3 is 5.32 Å². The normalized spacial score (nSPS) is 17.2. The predicted octanol–water partition coefficient (Wildman–Crippen LogP) is 1.32. The summed E-state index contributed by atoms with van der Waals surface area (Å²) in [6.07, 6.45) is 0. The van der Waals surface area contributed by atoms with Gasteiger partial charge in [0.25, 0.3) is 10.0 Å². The summed E-state index contributed by atoms with van der Waals surface area (Å²) in [5.41, 5.74) is 0.852. The Labute approximate surface area is 188 Å². The molecule has 2 aromatic carbocycles. The molecule has 0 unspecified atom stereocenters. The number of amidine groups is 1. The smallest absolute Gasteiger partial charge is 0.263 e. The summed E-state index contributed by atoms with van der Waals surface area (Å²) in [7, 11) is -4.52. The highest BCUT2D eigenvalue weighted by molar-refractivity contribution is 7.90. The number of hydrogen-bond acceptors (Lipinski definition) is 6. The van der Waals surface area contributed by atoms with Crippen molar-refractivity contribution < 1.29 is 21.6 Å². The molecule has 1 atom stereocenters. The quantitative estimate of drug-likeness (QED) is 0.621. The van der Waals surface area contributed by atoms with Gasteiger partial charge in [0.15, 0.2) is 0 Å². The summed E-state index contributed by atoms with van der Waals surface area (Å²) in [5.74, 6) is -0.557. The molecule has 0 saturated carbocycles. The Morgan fingerprint density at radius 3 is 2.38 bits per heavy atom. The summed E-state index contributed by atoms with van der Waals surface area (Å²) < 4.78 is 53.3. The van der Waals surface area contributed by atoms with Gasteiger partial charge in [-0.25, -0.2) is 21.1 Å². The van der Waals surface area contributed by atoms with Crippen molar-refractivity contribution in [2.45, 2.75) is 36.2 Å². The maximum atomic E-state index is 13.0. The molecule has 0 aromatic heterocycles. The van der Waals surface area contributed by atoms with E-state index in [-0.39, 0.29) is 28.1 Å². The number of rotatable bonds is 7. The van der Waals surface area contributed by atoms with E-state index in [1.54, 1.807) is 50.2 Å². The number of fused-ring (bicyclic) bond motifs is 1. The van der Waals surface area contributed by atoms with E-state index in [0.717, 1.165) is 4.31 Å². The van der Waals surface area contributed by atoms with Crippen molar-refractivity contribution in [1.82, 2.24) is 14.3 Å². The number of benzene rings is 2. The Morgan fingerprint density at radius 1 is 1.09 bits per heavy atom. The first-order chi connectivity index (χ1) is 14.9. The first-order valence-corrected chi connectivity index (χ1v) is 12.9. The van der Waals surface area contributed by atoms with E-state index in [1.807, 2.05) is 0 Å². The number of hydrogen-bond donors (Lipinski definition) is 2. The van der Waals surface area contributed by atoms with Gasteiger partial charge in [-0.1, -0.05) is 44.2 Å². The van der Waals surface area contributed by atoms with Crippen molar-refractivity contribution in [2.24, 2.45) is 10.9 Å². The molecule has 11 heteroatoms. The molecule has 0 radical (unpaired) electrons. The van der Waals surface area contributed by atoms with Gasteiger partial charge in [-0.3, -0.25) is 14.5 Å². The number of nitrogens with one attached hydrogen (secondary N) is 2. The van der Waals surface area contributed by atoms with Gasteiger partial charge in [0.2, 0.25) is 15.9 Å². The van der Waals surface area contributed by atoms with Crippen molar-refractivity contribution in [2.75, 3.05) is 14.1 Å². The average Bonchev–Trinajstić information content (AvgIpc) is 3.00. The molecule has 2 aromatic rings. The van der Waals surface area contributed by atoms with Crippen molar-refractivity contribution in [3.63, 3.8) is 0 Å².